The molecule has 2 aromatic heterocycles. The summed E-state index contributed by atoms with van der Waals surface area (Å²) < 4.78 is 5.23. The highest BCUT2D eigenvalue weighted by Crippen LogP contribution is 2.41. The molecule has 36 heavy (non-hydrogen) atoms. The maximum atomic E-state index is 13.3. The molecule has 3 heterocycles. The Labute approximate surface area is 214 Å². The molecule has 1 aliphatic heterocycles. The van der Waals surface area contributed by atoms with E-state index in [4.69, 9.17) is 10.5 Å². The number of hydrogen-bond donors (Lipinski definition) is 3. The fourth-order valence-corrected chi connectivity index (χ4v) is 5.00. The van der Waals surface area contributed by atoms with Gasteiger partial charge in [-0.1, -0.05) is 13.8 Å². The number of pyridine rings is 1. The average molecular weight is 516 g/mol. The molecule has 0 aliphatic carbocycles. The molecule has 1 fully saturated rings. The average Bonchev–Trinajstić information content (AvgIpc) is 3.23. The number of likely N-dealkylation sites (tertiary alicyclic amines) is 1. The van der Waals surface area contributed by atoms with Crippen molar-refractivity contribution in [3.8, 4) is 0 Å². The van der Waals surface area contributed by atoms with Crippen molar-refractivity contribution in [3.63, 3.8) is 0 Å². The first-order chi connectivity index (χ1) is 16.6. The van der Waals surface area contributed by atoms with Crippen LogP contribution in [0.4, 0.5) is 16.3 Å². The molecule has 4 N–H and O–H groups in total. The van der Waals surface area contributed by atoms with E-state index in [0.717, 1.165) is 11.3 Å². The summed E-state index contributed by atoms with van der Waals surface area (Å²) in [4.78, 5) is 56.8. The molecule has 0 radical (unpaired) electrons. The standard InChI is InChI=1S/C25H33N5O5S/c1-14-11-15(12-27-20(14)29-23(34)35-24(2,3)4)28-21(32)22(33)30-13-25(5,6)10-9-16(30)17-7-8-18(36-17)19(26)31/h7-8,11-12,16H,9-10,13H2,1-6H3,(H2,26,31)(H,28,32)(H,27,29,34)/t16-/m0/s1. The van der Waals surface area contributed by atoms with Gasteiger partial charge in [0.05, 0.1) is 22.8 Å². The summed E-state index contributed by atoms with van der Waals surface area (Å²) in [5.41, 5.74) is 5.48. The van der Waals surface area contributed by atoms with E-state index < -0.39 is 29.4 Å². The van der Waals surface area contributed by atoms with Crippen molar-refractivity contribution in [3.05, 3.63) is 39.7 Å². The Morgan fingerprint density at radius 1 is 1.19 bits per heavy atom. The summed E-state index contributed by atoms with van der Waals surface area (Å²) in [6, 6.07) is 4.72. The van der Waals surface area contributed by atoms with Gasteiger partial charge in [-0.05, 0) is 69.7 Å². The second-order valence-corrected chi connectivity index (χ2v) is 11.8. The molecule has 1 aliphatic rings. The zero-order valence-electron chi connectivity index (χ0n) is 21.4. The van der Waals surface area contributed by atoms with Gasteiger partial charge in [0.15, 0.2) is 0 Å². The summed E-state index contributed by atoms with van der Waals surface area (Å²) in [7, 11) is 0. The molecule has 2 aromatic rings. The van der Waals surface area contributed by atoms with Crippen molar-refractivity contribution in [1.82, 2.24) is 9.88 Å². The molecule has 3 rings (SSSR count). The van der Waals surface area contributed by atoms with Gasteiger partial charge in [-0.15, -0.1) is 11.3 Å². The van der Waals surface area contributed by atoms with Crippen LogP contribution in [0.15, 0.2) is 24.4 Å². The number of nitrogens with zero attached hydrogens (tertiary/aromatic N) is 2. The number of thiophene rings is 1. The third-order valence-corrected chi connectivity index (χ3v) is 6.88. The quantitative estimate of drug-likeness (QED) is 0.520. The summed E-state index contributed by atoms with van der Waals surface area (Å²) in [5, 5.41) is 5.19. The van der Waals surface area contributed by atoms with E-state index in [1.807, 2.05) is 13.8 Å². The predicted octanol–water partition coefficient (Wildman–Crippen LogP) is 4.23. The lowest BCUT2D eigenvalue weighted by Gasteiger charge is -2.43. The van der Waals surface area contributed by atoms with E-state index in [9.17, 15) is 19.2 Å². The summed E-state index contributed by atoms with van der Waals surface area (Å²) in [5.74, 6) is -1.70. The molecule has 1 atom stereocenters. The minimum atomic E-state index is -0.793. The van der Waals surface area contributed by atoms with Crippen LogP contribution in [0.5, 0.6) is 0 Å². The normalized spacial score (nSPS) is 17.3. The van der Waals surface area contributed by atoms with Gasteiger partial charge < -0.3 is 20.7 Å². The number of anilines is 2. The number of aromatic nitrogens is 1. The van der Waals surface area contributed by atoms with Crippen LogP contribution >= 0.6 is 11.3 Å². The zero-order chi connectivity index (χ0) is 26.8. The maximum Gasteiger partial charge on any atom is 0.413 e. The highest BCUT2D eigenvalue weighted by atomic mass is 32.1. The third kappa shape index (κ3) is 6.81. The van der Waals surface area contributed by atoms with Crippen molar-refractivity contribution in [2.24, 2.45) is 11.1 Å². The second-order valence-electron chi connectivity index (χ2n) is 10.7. The van der Waals surface area contributed by atoms with E-state index in [0.29, 0.717) is 29.1 Å². The minimum Gasteiger partial charge on any atom is -0.444 e. The van der Waals surface area contributed by atoms with Crippen molar-refractivity contribution in [1.29, 1.82) is 0 Å². The molecule has 0 spiro atoms. The highest BCUT2D eigenvalue weighted by molar-refractivity contribution is 7.14. The Kier molecular flexibility index (Phi) is 7.73. The van der Waals surface area contributed by atoms with Crippen molar-refractivity contribution < 1.29 is 23.9 Å². The van der Waals surface area contributed by atoms with Crippen LogP contribution in [-0.4, -0.2) is 45.8 Å². The molecular weight excluding hydrogens is 482 g/mol. The van der Waals surface area contributed by atoms with E-state index in [-0.39, 0.29) is 17.3 Å². The van der Waals surface area contributed by atoms with Crippen LogP contribution in [-0.2, 0) is 14.3 Å². The predicted molar refractivity (Wildman–Crippen MR) is 138 cm³/mol. The summed E-state index contributed by atoms with van der Waals surface area (Å²) >= 11 is 1.24. The lowest BCUT2D eigenvalue weighted by Crippen LogP contribution is -2.49. The molecule has 0 aromatic carbocycles. The molecule has 0 bridgehead atoms. The Hall–Kier alpha value is -3.47. The molecule has 4 amide bonds. The molecule has 0 saturated carbocycles. The number of nitrogens with two attached hydrogens (primary N) is 1. The number of ether oxygens (including phenoxy) is 1. The van der Waals surface area contributed by atoms with Crippen molar-refractivity contribution in [2.45, 2.75) is 66.0 Å². The van der Waals surface area contributed by atoms with E-state index >= 15 is 0 Å². The zero-order valence-corrected chi connectivity index (χ0v) is 22.2. The van der Waals surface area contributed by atoms with Gasteiger partial charge >= 0.3 is 17.9 Å². The first-order valence-corrected chi connectivity index (χ1v) is 12.4. The maximum absolute atomic E-state index is 13.3. The number of carbonyl (C=O) groups is 4. The molecule has 1 saturated heterocycles. The molecule has 194 valence electrons. The van der Waals surface area contributed by atoms with Crippen LogP contribution in [0, 0.1) is 12.3 Å². The number of piperidine rings is 1. The number of primary amides is 1. The van der Waals surface area contributed by atoms with Crippen LogP contribution in [0.1, 0.15) is 73.6 Å². The first kappa shape index (κ1) is 27.1. The minimum absolute atomic E-state index is 0.163. The Bertz CT molecular complexity index is 1180. The monoisotopic (exact) mass is 515 g/mol. The van der Waals surface area contributed by atoms with Crippen molar-refractivity contribution >= 4 is 46.7 Å². The number of amides is 4. The number of aryl methyl sites for hydroxylation is 1. The van der Waals surface area contributed by atoms with Gasteiger partial charge in [0.2, 0.25) is 0 Å². The molecule has 11 heteroatoms. The lowest BCUT2D eigenvalue weighted by atomic mass is 9.81. The fraction of sp³-hybridized carbons (Fsp3) is 0.480. The Balaban J connectivity index is 1.74. The fourth-order valence-electron chi connectivity index (χ4n) is 4.00. The van der Waals surface area contributed by atoms with Crippen LogP contribution in [0.2, 0.25) is 0 Å². The van der Waals surface area contributed by atoms with Crippen molar-refractivity contribution in [2.75, 3.05) is 17.2 Å². The summed E-state index contributed by atoms with van der Waals surface area (Å²) in [6.07, 6.45) is 2.25. The topological polar surface area (TPSA) is 144 Å². The number of nitrogens with one attached hydrogen (secondary N) is 2. The van der Waals surface area contributed by atoms with Gasteiger partial charge in [-0.2, -0.15) is 0 Å². The van der Waals surface area contributed by atoms with Gasteiger partial charge in [0, 0.05) is 11.4 Å². The molecular formula is C25H33N5O5S. The number of rotatable bonds is 4. The van der Waals surface area contributed by atoms with E-state index in [2.05, 4.69) is 15.6 Å². The SMILES string of the molecule is Cc1cc(NC(=O)C(=O)N2CC(C)(C)CC[C@H]2c2ccc(C(N)=O)s2)cnc1NC(=O)OC(C)(C)C. The van der Waals surface area contributed by atoms with Gasteiger partial charge in [0.25, 0.3) is 5.91 Å². The largest absolute Gasteiger partial charge is 0.444 e. The second kappa shape index (κ2) is 10.3. The first-order valence-electron chi connectivity index (χ1n) is 11.6. The van der Waals surface area contributed by atoms with E-state index in [1.54, 1.807) is 50.8 Å². The van der Waals surface area contributed by atoms with Gasteiger partial charge in [-0.3, -0.25) is 19.7 Å². The molecule has 0 unspecified atom stereocenters. The Morgan fingerprint density at radius 2 is 1.89 bits per heavy atom. The number of hydrogen-bond acceptors (Lipinski definition) is 7. The smallest absolute Gasteiger partial charge is 0.413 e. The summed E-state index contributed by atoms with van der Waals surface area (Å²) in [6.45, 7) is 11.5. The van der Waals surface area contributed by atoms with Gasteiger partial charge in [0.1, 0.15) is 11.4 Å². The molecule has 10 nitrogen and oxygen atoms in total. The Morgan fingerprint density at radius 3 is 2.47 bits per heavy atom. The van der Waals surface area contributed by atoms with Crippen LogP contribution in [0.3, 0.4) is 0 Å². The van der Waals surface area contributed by atoms with Crippen LogP contribution < -0.4 is 16.4 Å². The highest BCUT2D eigenvalue weighted by Gasteiger charge is 2.39. The van der Waals surface area contributed by atoms with Crippen LogP contribution in [0.25, 0.3) is 0 Å². The number of carbonyl (C=O) groups excluding carboxylic acids is 4. The van der Waals surface area contributed by atoms with Gasteiger partial charge in [-0.25, -0.2) is 9.78 Å². The lowest BCUT2D eigenvalue weighted by molar-refractivity contribution is -0.147. The van der Waals surface area contributed by atoms with E-state index in [1.165, 1.54) is 17.5 Å². The third-order valence-electron chi connectivity index (χ3n) is 5.68.